The van der Waals surface area contributed by atoms with Crippen molar-refractivity contribution in [2.24, 2.45) is 5.92 Å². The molecule has 0 radical (unpaired) electrons. The topological polar surface area (TPSA) is 60.5 Å². The maximum atomic E-state index is 10.5. The quantitative estimate of drug-likeness (QED) is 0.461. The van der Waals surface area contributed by atoms with Crippen molar-refractivity contribution in [1.82, 2.24) is 4.98 Å². The number of aryl methyl sites for hydroxylation is 2. The van der Waals surface area contributed by atoms with Gasteiger partial charge in [0.2, 0.25) is 0 Å². The molecular formula is C21H35LiN2O3-2. The van der Waals surface area contributed by atoms with Crippen LogP contribution >= 0.6 is 0 Å². The van der Waals surface area contributed by atoms with E-state index < -0.39 is 0 Å². The van der Waals surface area contributed by atoms with Crippen LogP contribution in [0.4, 0.5) is 5.82 Å². The van der Waals surface area contributed by atoms with Gasteiger partial charge < -0.3 is 35.6 Å². The summed E-state index contributed by atoms with van der Waals surface area (Å²) >= 11 is 0. The van der Waals surface area contributed by atoms with Crippen molar-refractivity contribution in [3.63, 3.8) is 0 Å². The monoisotopic (exact) mass is 370 g/mol. The minimum atomic E-state index is -0.181. The maximum Gasteiger partial charge on any atom is 1.00 e. The van der Waals surface area contributed by atoms with Crippen LogP contribution in [-0.2, 0) is 27.1 Å². The molecule has 0 saturated carbocycles. The summed E-state index contributed by atoms with van der Waals surface area (Å²) in [5.41, 5.74) is 2.57. The molecule has 0 amide bonds. The first-order valence-corrected chi connectivity index (χ1v) is 9.21. The Bertz CT molecular complexity index is 496. The normalized spacial score (nSPS) is 12.5. The number of anilines is 1. The van der Waals surface area contributed by atoms with Crippen LogP contribution in [0.25, 0.3) is 0 Å². The van der Waals surface area contributed by atoms with Gasteiger partial charge in [-0.1, -0.05) is 26.0 Å². The van der Waals surface area contributed by atoms with E-state index in [2.05, 4.69) is 52.7 Å². The number of hydrogen-bond donors (Lipinski definition) is 1. The second kappa shape index (κ2) is 18.3. The molecule has 0 bridgehead atoms. The summed E-state index contributed by atoms with van der Waals surface area (Å²) in [7, 11) is 3.00. The number of hydrogen-bond acceptors (Lipinski definition) is 5. The van der Waals surface area contributed by atoms with Gasteiger partial charge in [0.1, 0.15) is 5.82 Å². The molecule has 1 aromatic rings. The zero-order chi connectivity index (χ0) is 19.8. The average Bonchev–Trinajstić information content (AvgIpc) is 2.71. The van der Waals surface area contributed by atoms with Crippen molar-refractivity contribution < 1.29 is 33.1 Å². The van der Waals surface area contributed by atoms with E-state index in [0.29, 0.717) is 13.0 Å². The fraction of sp³-hybridized carbons (Fsp3) is 0.571. The average molecular weight is 370 g/mol. The maximum absolute atomic E-state index is 10.5. The van der Waals surface area contributed by atoms with Gasteiger partial charge in [-0.05, 0) is 30.9 Å². The third-order valence-electron chi connectivity index (χ3n) is 3.88. The molecule has 1 atom stereocenters. The van der Waals surface area contributed by atoms with Crippen LogP contribution in [0.3, 0.4) is 0 Å². The molecule has 0 fully saturated rings. The molecule has 0 aliphatic carbocycles. The van der Waals surface area contributed by atoms with Crippen molar-refractivity contribution >= 4 is 11.8 Å². The fourth-order valence-electron chi connectivity index (χ4n) is 2.13. The van der Waals surface area contributed by atoms with Gasteiger partial charge in [0.05, 0.1) is 7.11 Å². The molecule has 5 nitrogen and oxygen atoms in total. The first-order chi connectivity index (χ1) is 12.5. The van der Waals surface area contributed by atoms with Gasteiger partial charge in [-0.3, -0.25) is 4.79 Å². The molecule has 2 rings (SSSR count). The minimum absolute atomic E-state index is 0. The number of nitrogens with zero attached hydrogens (tertiary/aromatic N) is 1. The van der Waals surface area contributed by atoms with Crippen LogP contribution < -0.4 is 24.2 Å². The smallest absolute Gasteiger partial charge is 0.469 e. The van der Waals surface area contributed by atoms with E-state index in [4.69, 9.17) is 0 Å². The van der Waals surface area contributed by atoms with Gasteiger partial charge >= 0.3 is 24.8 Å². The number of nitrogens with one attached hydrogen (secondary N) is 1. The molecule has 6 heteroatoms. The second-order valence-corrected chi connectivity index (χ2v) is 6.00. The Morgan fingerprint density at radius 3 is 2.44 bits per heavy atom. The molecule has 27 heavy (non-hydrogen) atoms. The fourth-order valence-corrected chi connectivity index (χ4v) is 2.13. The minimum Gasteiger partial charge on any atom is -0.469 e. The van der Waals surface area contributed by atoms with Crippen LogP contribution in [0.15, 0.2) is 12.1 Å². The zero-order valence-electron chi connectivity index (χ0n) is 17.7. The molecule has 150 valence electrons. The van der Waals surface area contributed by atoms with E-state index >= 15 is 0 Å². The number of carbonyl (C=O) groups is 1. The molecule has 0 unspecified atom stereocenters. The second-order valence-electron chi connectivity index (χ2n) is 6.00. The third kappa shape index (κ3) is 12.9. The number of pyridine rings is 1. The molecule has 0 spiro atoms. The number of ether oxygens (including phenoxy) is 2. The number of aromatic nitrogens is 1. The summed E-state index contributed by atoms with van der Waals surface area (Å²) in [6.07, 6.45) is 6.18. The van der Waals surface area contributed by atoms with Gasteiger partial charge in [0, 0.05) is 25.3 Å². The molecule has 1 N–H and O–H groups in total. The first-order valence-electron chi connectivity index (χ1n) is 9.21. The van der Waals surface area contributed by atoms with Crippen LogP contribution in [0.5, 0.6) is 0 Å². The molecule has 1 aromatic heterocycles. The Balaban J connectivity index is 0. The summed E-state index contributed by atoms with van der Waals surface area (Å²) in [5, 5.41) is 3.35. The Hall–Kier alpha value is -1.02. The Labute approximate surface area is 178 Å². The van der Waals surface area contributed by atoms with Crippen molar-refractivity contribution in [3.05, 3.63) is 44.2 Å². The van der Waals surface area contributed by atoms with E-state index in [9.17, 15) is 4.79 Å². The molecule has 2 heterocycles. The molecule has 0 saturated heterocycles. The van der Waals surface area contributed by atoms with E-state index in [1.165, 1.54) is 31.2 Å². The third-order valence-corrected chi connectivity index (χ3v) is 3.88. The number of unbranched alkanes of at least 4 members (excludes halogenated alkanes) is 1. The van der Waals surface area contributed by atoms with E-state index in [-0.39, 0.29) is 30.7 Å². The predicted molar refractivity (Wildman–Crippen MR) is 108 cm³/mol. The molecule has 1 aliphatic rings. The van der Waals surface area contributed by atoms with Gasteiger partial charge in [-0.25, -0.2) is 4.98 Å². The summed E-state index contributed by atoms with van der Waals surface area (Å²) < 4.78 is 8.85. The van der Waals surface area contributed by atoms with E-state index in [1.807, 2.05) is 0 Å². The number of esters is 1. The van der Waals surface area contributed by atoms with Crippen molar-refractivity contribution in [3.8, 4) is 0 Å². The van der Waals surface area contributed by atoms with Crippen molar-refractivity contribution in [2.75, 3.05) is 32.7 Å². The number of rotatable bonds is 6. The largest absolute Gasteiger partial charge is 1.00 e. The van der Waals surface area contributed by atoms with Gasteiger partial charge in [-0.2, -0.15) is 12.8 Å². The van der Waals surface area contributed by atoms with Gasteiger partial charge in [-0.15, -0.1) is 0 Å². The van der Waals surface area contributed by atoms with Crippen molar-refractivity contribution in [1.29, 1.82) is 0 Å². The SMILES string of the molecule is [CH2-]CCCc1ccc2c(n1)NCCC2.[CH2-]COC.[CH2-]C[C@H](C)C(=O)OC.[Li+]. The van der Waals surface area contributed by atoms with Gasteiger partial charge in [0.15, 0.2) is 0 Å². The summed E-state index contributed by atoms with van der Waals surface area (Å²) in [6.45, 7) is 14.2. The van der Waals surface area contributed by atoms with Crippen LogP contribution in [0.1, 0.15) is 43.9 Å². The Kier molecular flexibility index (Phi) is 19.2. The first kappa shape index (κ1) is 28.2. The predicted octanol–water partition coefficient (Wildman–Crippen LogP) is 1.09. The zero-order valence-corrected chi connectivity index (χ0v) is 17.7. The van der Waals surface area contributed by atoms with E-state index in [1.54, 1.807) is 14.0 Å². The summed E-state index contributed by atoms with van der Waals surface area (Å²) in [4.78, 5) is 15.1. The summed E-state index contributed by atoms with van der Waals surface area (Å²) in [5.74, 6) is 0.873. The Morgan fingerprint density at radius 1 is 1.30 bits per heavy atom. The van der Waals surface area contributed by atoms with Crippen LogP contribution in [0, 0.1) is 26.7 Å². The molecule has 0 aromatic carbocycles. The summed E-state index contributed by atoms with van der Waals surface area (Å²) in [6, 6.07) is 4.37. The van der Waals surface area contributed by atoms with Crippen molar-refractivity contribution in [2.45, 2.75) is 45.4 Å². The standard InChI is InChI=1S/C12H17N2.C6H11O2.C3H7O.Li/c1-2-3-6-11-8-7-10-5-4-9-13-12(10)14-11;1-4-5(2)6(7)8-3;1-3-4-2;/h7-8H,1-6,9H2,(H,13,14);5H,1,4H2,2-3H3;1,3H2,2H3;/q3*-1;+1/t;5-;;/m.0../s1. The number of methoxy groups -OCH3 is 2. The van der Waals surface area contributed by atoms with Gasteiger partial charge in [0.25, 0.3) is 0 Å². The Morgan fingerprint density at radius 2 is 1.96 bits per heavy atom. The van der Waals surface area contributed by atoms with Crippen LogP contribution in [-0.4, -0.2) is 38.3 Å². The van der Waals surface area contributed by atoms with Crippen LogP contribution in [0.2, 0.25) is 0 Å². The van der Waals surface area contributed by atoms with E-state index in [0.717, 1.165) is 31.6 Å². The number of fused-ring (bicyclic) bond motifs is 1. The molecular weight excluding hydrogens is 335 g/mol. The number of carbonyl (C=O) groups excluding carboxylic acids is 1. The molecule has 1 aliphatic heterocycles.